The Morgan fingerprint density at radius 2 is 1.97 bits per heavy atom. The third kappa shape index (κ3) is 8.37. The van der Waals surface area contributed by atoms with Crippen molar-refractivity contribution in [2.75, 3.05) is 53.0 Å². The standard InChI is InChI=1S/C21H33FN4O3/c1-3-23-21(24-11-5-4-6-20(27)28-2)25-16-19(26-12-14-29-15-13-26)17-7-9-18(22)10-8-17/h7-10,19H,3-6,11-16H2,1-2H3,(H2,23,24,25). The number of aliphatic imine (C=N–C) groups is 1. The van der Waals surface area contributed by atoms with Crippen molar-refractivity contribution >= 4 is 11.9 Å². The molecule has 162 valence electrons. The van der Waals surface area contributed by atoms with Gasteiger partial charge in [0.15, 0.2) is 5.96 Å². The minimum atomic E-state index is -0.236. The van der Waals surface area contributed by atoms with Crippen LogP contribution in [-0.2, 0) is 14.3 Å². The first-order chi connectivity index (χ1) is 14.1. The average molecular weight is 409 g/mol. The molecule has 0 spiro atoms. The van der Waals surface area contributed by atoms with E-state index < -0.39 is 0 Å². The van der Waals surface area contributed by atoms with Crippen molar-refractivity contribution in [3.63, 3.8) is 0 Å². The molecular weight excluding hydrogens is 375 g/mol. The molecule has 0 saturated carbocycles. The number of unbranched alkanes of at least 4 members (excludes halogenated alkanes) is 1. The van der Waals surface area contributed by atoms with E-state index in [9.17, 15) is 9.18 Å². The van der Waals surface area contributed by atoms with Gasteiger partial charge in [0.2, 0.25) is 0 Å². The minimum absolute atomic E-state index is 0.0641. The Bertz CT molecular complexity index is 633. The normalized spacial score (nSPS) is 16.3. The molecule has 1 aliphatic heterocycles. The molecule has 1 aromatic carbocycles. The first kappa shape index (κ1) is 23.1. The quantitative estimate of drug-likeness (QED) is 0.267. The molecule has 0 aliphatic carbocycles. The van der Waals surface area contributed by atoms with Gasteiger partial charge in [0.25, 0.3) is 0 Å². The maximum Gasteiger partial charge on any atom is 0.305 e. The third-order valence-electron chi connectivity index (χ3n) is 4.84. The third-order valence-corrected chi connectivity index (χ3v) is 4.84. The average Bonchev–Trinajstić information content (AvgIpc) is 2.75. The van der Waals surface area contributed by atoms with Crippen LogP contribution in [0.15, 0.2) is 29.3 Å². The topological polar surface area (TPSA) is 75.2 Å². The highest BCUT2D eigenvalue weighted by Crippen LogP contribution is 2.22. The Labute approximate surface area is 172 Å². The van der Waals surface area contributed by atoms with Crippen LogP contribution in [0, 0.1) is 5.82 Å². The lowest BCUT2D eigenvalue weighted by molar-refractivity contribution is -0.140. The molecule has 29 heavy (non-hydrogen) atoms. The van der Waals surface area contributed by atoms with Gasteiger partial charge in [-0.05, 0) is 37.5 Å². The number of rotatable bonds is 10. The molecule has 0 bridgehead atoms. The Kier molecular flexibility index (Phi) is 10.4. The van der Waals surface area contributed by atoms with E-state index in [-0.39, 0.29) is 17.8 Å². The van der Waals surface area contributed by atoms with Crippen LogP contribution < -0.4 is 10.6 Å². The van der Waals surface area contributed by atoms with E-state index in [1.54, 1.807) is 0 Å². The molecule has 2 N–H and O–H groups in total. The molecule has 1 aromatic rings. The van der Waals surface area contributed by atoms with Gasteiger partial charge in [-0.3, -0.25) is 14.7 Å². The van der Waals surface area contributed by atoms with Crippen molar-refractivity contribution in [1.29, 1.82) is 0 Å². The molecule has 0 radical (unpaired) electrons. The lowest BCUT2D eigenvalue weighted by Gasteiger charge is -2.34. The molecule has 1 atom stereocenters. The molecule has 1 unspecified atom stereocenters. The van der Waals surface area contributed by atoms with Gasteiger partial charge in [0.1, 0.15) is 5.82 Å². The van der Waals surface area contributed by atoms with E-state index in [1.807, 2.05) is 19.1 Å². The number of benzene rings is 1. The van der Waals surface area contributed by atoms with E-state index in [0.29, 0.717) is 26.2 Å². The molecule has 2 rings (SSSR count). The summed E-state index contributed by atoms with van der Waals surface area (Å²) in [6, 6.07) is 6.72. The second-order valence-corrected chi connectivity index (χ2v) is 6.90. The SMILES string of the molecule is CCNC(=NCC(c1ccc(F)cc1)N1CCOCC1)NCCCCC(=O)OC. The van der Waals surface area contributed by atoms with Gasteiger partial charge in [0, 0.05) is 32.6 Å². The Morgan fingerprint density at radius 3 is 2.62 bits per heavy atom. The van der Waals surface area contributed by atoms with Crippen LogP contribution in [0.3, 0.4) is 0 Å². The van der Waals surface area contributed by atoms with Gasteiger partial charge in [-0.15, -0.1) is 0 Å². The number of carbonyl (C=O) groups excluding carboxylic acids is 1. The molecule has 7 nitrogen and oxygen atoms in total. The summed E-state index contributed by atoms with van der Waals surface area (Å²) in [7, 11) is 1.41. The van der Waals surface area contributed by atoms with Crippen LogP contribution in [0.2, 0.25) is 0 Å². The number of ether oxygens (including phenoxy) is 2. The van der Waals surface area contributed by atoms with Crippen molar-refractivity contribution in [2.45, 2.75) is 32.2 Å². The number of nitrogens with one attached hydrogen (secondary N) is 2. The fraction of sp³-hybridized carbons (Fsp3) is 0.619. The molecule has 8 heteroatoms. The summed E-state index contributed by atoms with van der Waals surface area (Å²) in [4.78, 5) is 18.3. The zero-order valence-corrected chi connectivity index (χ0v) is 17.5. The summed E-state index contributed by atoms with van der Waals surface area (Å²) in [5.41, 5.74) is 1.05. The lowest BCUT2D eigenvalue weighted by Crippen LogP contribution is -2.42. The van der Waals surface area contributed by atoms with Gasteiger partial charge in [-0.1, -0.05) is 12.1 Å². The lowest BCUT2D eigenvalue weighted by atomic mass is 10.0. The number of esters is 1. The maximum atomic E-state index is 13.4. The van der Waals surface area contributed by atoms with E-state index in [2.05, 4.69) is 20.3 Å². The Morgan fingerprint density at radius 1 is 1.24 bits per heavy atom. The van der Waals surface area contributed by atoms with Crippen LogP contribution in [0.5, 0.6) is 0 Å². The van der Waals surface area contributed by atoms with Crippen molar-refractivity contribution < 1.29 is 18.7 Å². The number of halogens is 1. The zero-order valence-electron chi connectivity index (χ0n) is 17.5. The summed E-state index contributed by atoms with van der Waals surface area (Å²) in [5.74, 6) is 0.323. The van der Waals surface area contributed by atoms with Gasteiger partial charge in [-0.2, -0.15) is 0 Å². The Hall–Kier alpha value is -2.19. The second-order valence-electron chi connectivity index (χ2n) is 6.90. The van der Waals surface area contributed by atoms with Gasteiger partial charge >= 0.3 is 5.97 Å². The van der Waals surface area contributed by atoms with Crippen LogP contribution in [0.4, 0.5) is 4.39 Å². The molecule has 1 aliphatic rings. The number of nitrogens with zero attached hydrogens (tertiary/aromatic N) is 2. The fourth-order valence-corrected chi connectivity index (χ4v) is 3.23. The maximum absolute atomic E-state index is 13.4. The van der Waals surface area contributed by atoms with E-state index in [4.69, 9.17) is 9.73 Å². The van der Waals surface area contributed by atoms with Gasteiger partial charge < -0.3 is 20.1 Å². The second kappa shape index (κ2) is 13.1. The van der Waals surface area contributed by atoms with Crippen LogP contribution in [0.1, 0.15) is 37.8 Å². The van der Waals surface area contributed by atoms with E-state index in [0.717, 1.165) is 50.5 Å². The summed E-state index contributed by atoms with van der Waals surface area (Å²) in [5, 5.41) is 6.57. The first-order valence-electron chi connectivity index (χ1n) is 10.3. The summed E-state index contributed by atoms with van der Waals surface area (Å²) in [6.07, 6.45) is 2.05. The molecule has 0 amide bonds. The highest BCUT2D eigenvalue weighted by Gasteiger charge is 2.22. The number of methoxy groups -OCH3 is 1. The van der Waals surface area contributed by atoms with Crippen molar-refractivity contribution in [3.8, 4) is 0 Å². The Balaban J connectivity index is 1.97. The van der Waals surface area contributed by atoms with Gasteiger partial charge in [-0.25, -0.2) is 4.39 Å². The molecular formula is C21H33FN4O3. The molecule has 0 aromatic heterocycles. The number of hydrogen-bond acceptors (Lipinski definition) is 5. The number of hydrogen-bond donors (Lipinski definition) is 2. The van der Waals surface area contributed by atoms with Crippen LogP contribution in [-0.4, -0.2) is 69.9 Å². The largest absolute Gasteiger partial charge is 0.469 e. The van der Waals surface area contributed by atoms with Crippen molar-refractivity contribution in [2.24, 2.45) is 4.99 Å². The number of carbonyl (C=O) groups is 1. The van der Waals surface area contributed by atoms with Crippen molar-refractivity contribution in [3.05, 3.63) is 35.6 Å². The fourth-order valence-electron chi connectivity index (χ4n) is 3.23. The predicted molar refractivity (Wildman–Crippen MR) is 111 cm³/mol. The van der Waals surface area contributed by atoms with Gasteiger partial charge in [0.05, 0.1) is 32.9 Å². The summed E-state index contributed by atoms with van der Waals surface area (Å²) < 4.78 is 23.5. The number of guanidine groups is 1. The zero-order chi connectivity index (χ0) is 20.9. The van der Waals surface area contributed by atoms with E-state index >= 15 is 0 Å². The highest BCUT2D eigenvalue weighted by atomic mass is 19.1. The predicted octanol–water partition coefficient (Wildman–Crippen LogP) is 2.10. The molecule has 1 fully saturated rings. The highest BCUT2D eigenvalue weighted by molar-refractivity contribution is 5.79. The smallest absolute Gasteiger partial charge is 0.305 e. The molecule has 1 heterocycles. The van der Waals surface area contributed by atoms with Crippen LogP contribution in [0.25, 0.3) is 0 Å². The number of morpholine rings is 1. The van der Waals surface area contributed by atoms with Crippen LogP contribution >= 0.6 is 0 Å². The summed E-state index contributed by atoms with van der Waals surface area (Å²) in [6.45, 7) is 7.11. The minimum Gasteiger partial charge on any atom is -0.469 e. The van der Waals surface area contributed by atoms with E-state index in [1.165, 1.54) is 19.2 Å². The molecule has 1 saturated heterocycles. The monoisotopic (exact) mass is 408 g/mol. The van der Waals surface area contributed by atoms with Crippen molar-refractivity contribution in [1.82, 2.24) is 15.5 Å². The summed E-state index contributed by atoms with van der Waals surface area (Å²) >= 11 is 0. The first-order valence-corrected chi connectivity index (χ1v) is 10.3.